The van der Waals surface area contributed by atoms with Crippen molar-refractivity contribution in [2.75, 3.05) is 30.6 Å². The summed E-state index contributed by atoms with van der Waals surface area (Å²) in [6, 6.07) is 0.199. The molecule has 0 aromatic rings. The van der Waals surface area contributed by atoms with Crippen LogP contribution in [0.25, 0.3) is 0 Å². The summed E-state index contributed by atoms with van der Waals surface area (Å²) >= 11 is 0. The maximum absolute atomic E-state index is 11.7. The minimum Gasteiger partial charge on any atom is -0.316 e. The maximum Gasteiger partial charge on any atom is 0.148 e. The SMILES string of the molecule is CCC(C)C(CS(=O)CCS(C)(=O)=O)NC. The van der Waals surface area contributed by atoms with E-state index < -0.39 is 20.6 Å². The molecule has 3 atom stereocenters. The van der Waals surface area contributed by atoms with E-state index in [9.17, 15) is 12.6 Å². The van der Waals surface area contributed by atoms with E-state index in [0.717, 1.165) is 6.42 Å². The smallest absolute Gasteiger partial charge is 0.148 e. The lowest BCUT2D eigenvalue weighted by Gasteiger charge is -2.21. The summed E-state index contributed by atoms with van der Waals surface area (Å²) < 4.78 is 33.5. The topological polar surface area (TPSA) is 63.2 Å². The van der Waals surface area contributed by atoms with Crippen LogP contribution in [-0.2, 0) is 20.6 Å². The molecule has 0 amide bonds. The molecule has 0 saturated carbocycles. The Morgan fingerprint density at radius 1 is 1.38 bits per heavy atom. The number of nitrogens with one attached hydrogen (secondary N) is 1. The second-order valence-corrected chi connectivity index (χ2v) is 8.10. The molecule has 98 valence electrons. The van der Waals surface area contributed by atoms with Gasteiger partial charge in [-0.05, 0) is 13.0 Å². The van der Waals surface area contributed by atoms with Gasteiger partial charge in [-0.1, -0.05) is 20.3 Å². The third kappa shape index (κ3) is 7.35. The van der Waals surface area contributed by atoms with Crippen LogP contribution < -0.4 is 5.32 Å². The Bertz CT molecular complexity index is 314. The molecular weight excluding hydrogens is 246 g/mol. The molecule has 0 aliphatic heterocycles. The molecule has 6 heteroatoms. The van der Waals surface area contributed by atoms with E-state index in [2.05, 4.69) is 19.2 Å². The van der Waals surface area contributed by atoms with Gasteiger partial charge in [0.15, 0.2) is 0 Å². The summed E-state index contributed by atoms with van der Waals surface area (Å²) in [6.45, 7) is 4.20. The third-order valence-corrected chi connectivity index (χ3v) is 5.34. The standard InChI is InChI=1S/C10H23NO3S2/c1-5-9(2)10(11-3)8-15(12)6-7-16(4,13)14/h9-11H,5-8H2,1-4H3. The molecule has 0 spiro atoms. The first kappa shape index (κ1) is 16.1. The van der Waals surface area contributed by atoms with Crippen LogP contribution in [-0.4, -0.2) is 49.2 Å². The van der Waals surface area contributed by atoms with Gasteiger partial charge in [0.05, 0.1) is 5.75 Å². The third-order valence-electron chi connectivity index (χ3n) is 2.75. The number of rotatable bonds is 8. The lowest BCUT2D eigenvalue weighted by molar-refractivity contribution is 0.418. The number of hydrogen-bond donors (Lipinski definition) is 1. The van der Waals surface area contributed by atoms with Crippen LogP contribution >= 0.6 is 0 Å². The molecule has 0 rings (SSSR count). The van der Waals surface area contributed by atoms with Crippen molar-refractivity contribution in [1.82, 2.24) is 5.32 Å². The number of sulfone groups is 1. The largest absolute Gasteiger partial charge is 0.316 e. The lowest BCUT2D eigenvalue weighted by atomic mass is 10.0. The summed E-state index contributed by atoms with van der Waals surface area (Å²) in [5.74, 6) is 1.23. The van der Waals surface area contributed by atoms with Crippen LogP contribution in [0.4, 0.5) is 0 Å². The van der Waals surface area contributed by atoms with Gasteiger partial charge >= 0.3 is 0 Å². The number of hydrogen-bond acceptors (Lipinski definition) is 4. The van der Waals surface area contributed by atoms with Gasteiger partial charge in [0.2, 0.25) is 0 Å². The van der Waals surface area contributed by atoms with E-state index in [1.165, 1.54) is 6.26 Å². The van der Waals surface area contributed by atoms with Crippen molar-refractivity contribution in [3.05, 3.63) is 0 Å². The molecule has 1 N–H and O–H groups in total. The molecule has 0 aliphatic carbocycles. The van der Waals surface area contributed by atoms with Crippen molar-refractivity contribution in [3.63, 3.8) is 0 Å². The Morgan fingerprint density at radius 2 is 1.94 bits per heavy atom. The summed E-state index contributed by atoms with van der Waals surface area (Å²) in [5.41, 5.74) is 0. The van der Waals surface area contributed by atoms with Gasteiger partial charge in [0.1, 0.15) is 9.84 Å². The molecule has 0 saturated heterocycles. The zero-order valence-electron chi connectivity index (χ0n) is 10.5. The van der Waals surface area contributed by atoms with Crippen molar-refractivity contribution in [2.45, 2.75) is 26.3 Å². The van der Waals surface area contributed by atoms with E-state index in [4.69, 9.17) is 0 Å². The summed E-state index contributed by atoms with van der Waals surface area (Å²) in [6.07, 6.45) is 2.20. The molecule has 0 bridgehead atoms. The normalized spacial score (nSPS) is 18.0. The highest BCUT2D eigenvalue weighted by Crippen LogP contribution is 2.08. The Hall–Kier alpha value is 0.0600. The molecule has 0 aliphatic rings. The summed E-state index contributed by atoms with van der Waals surface area (Å²) in [5, 5.41) is 3.14. The highest BCUT2D eigenvalue weighted by Gasteiger charge is 2.17. The molecular formula is C10H23NO3S2. The van der Waals surface area contributed by atoms with Gasteiger partial charge in [0, 0.05) is 34.6 Å². The fraction of sp³-hybridized carbons (Fsp3) is 1.00. The first-order valence-electron chi connectivity index (χ1n) is 5.50. The summed E-state index contributed by atoms with van der Waals surface area (Å²) in [7, 11) is -2.21. The van der Waals surface area contributed by atoms with Crippen LogP contribution in [0.3, 0.4) is 0 Å². The fourth-order valence-corrected chi connectivity index (χ4v) is 4.36. The van der Waals surface area contributed by atoms with Gasteiger partial charge in [-0.15, -0.1) is 0 Å². The first-order chi connectivity index (χ1) is 7.30. The Balaban J connectivity index is 4.12. The van der Waals surface area contributed by atoms with E-state index in [-0.39, 0.29) is 17.5 Å². The quantitative estimate of drug-likeness (QED) is 0.693. The second-order valence-electron chi connectivity index (χ2n) is 4.22. The molecule has 0 fully saturated rings. The van der Waals surface area contributed by atoms with E-state index in [1.807, 2.05) is 7.05 Å². The zero-order chi connectivity index (χ0) is 12.8. The molecule has 3 unspecified atom stereocenters. The average molecular weight is 269 g/mol. The predicted molar refractivity (Wildman–Crippen MR) is 69.9 cm³/mol. The minimum absolute atomic E-state index is 0.0105. The predicted octanol–water partition coefficient (Wildman–Crippen LogP) is 0.414. The Labute approximate surface area is 102 Å². The molecule has 0 radical (unpaired) electrons. The lowest BCUT2D eigenvalue weighted by Crippen LogP contribution is -2.37. The van der Waals surface area contributed by atoms with Crippen molar-refractivity contribution >= 4 is 20.6 Å². The Kier molecular flexibility index (Phi) is 7.43. The van der Waals surface area contributed by atoms with Gasteiger partial charge in [-0.25, -0.2) is 8.42 Å². The second kappa shape index (κ2) is 7.40. The van der Waals surface area contributed by atoms with Crippen LogP contribution in [0, 0.1) is 5.92 Å². The Morgan fingerprint density at radius 3 is 2.31 bits per heavy atom. The van der Waals surface area contributed by atoms with Crippen molar-refractivity contribution in [2.24, 2.45) is 5.92 Å². The van der Waals surface area contributed by atoms with Crippen molar-refractivity contribution in [1.29, 1.82) is 0 Å². The molecule has 0 aromatic heterocycles. The highest BCUT2D eigenvalue weighted by atomic mass is 32.2. The van der Waals surface area contributed by atoms with Crippen molar-refractivity contribution in [3.8, 4) is 0 Å². The summed E-state index contributed by atoms with van der Waals surface area (Å²) in [4.78, 5) is 0. The van der Waals surface area contributed by atoms with E-state index >= 15 is 0 Å². The van der Waals surface area contributed by atoms with Gasteiger partial charge in [-0.3, -0.25) is 4.21 Å². The monoisotopic (exact) mass is 269 g/mol. The maximum atomic E-state index is 11.7. The van der Waals surface area contributed by atoms with Crippen LogP contribution in [0.15, 0.2) is 0 Å². The van der Waals surface area contributed by atoms with E-state index in [1.54, 1.807) is 0 Å². The van der Waals surface area contributed by atoms with Crippen molar-refractivity contribution < 1.29 is 12.6 Å². The van der Waals surface area contributed by atoms with Crippen LogP contribution in [0.1, 0.15) is 20.3 Å². The molecule has 4 nitrogen and oxygen atoms in total. The average Bonchev–Trinajstić information content (AvgIpc) is 2.21. The molecule has 16 heavy (non-hydrogen) atoms. The van der Waals surface area contributed by atoms with Gasteiger partial charge in [-0.2, -0.15) is 0 Å². The van der Waals surface area contributed by atoms with Gasteiger partial charge < -0.3 is 5.32 Å². The van der Waals surface area contributed by atoms with Gasteiger partial charge in [0.25, 0.3) is 0 Å². The molecule has 0 heterocycles. The highest BCUT2D eigenvalue weighted by molar-refractivity contribution is 7.92. The fourth-order valence-electron chi connectivity index (χ4n) is 1.34. The zero-order valence-corrected chi connectivity index (χ0v) is 12.2. The first-order valence-corrected chi connectivity index (χ1v) is 9.05. The van der Waals surface area contributed by atoms with E-state index in [0.29, 0.717) is 11.7 Å². The minimum atomic E-state index is -3.00. The van der Waals surface area contributed by atoms with Crippen LogP contribution in [0.5, 0.6) is 0 Å². The van der Waals surface area contributed by atoms with Crippen LogP contribution in [0.2, 0.25) is 0 Å². The molecule has 0 aromatic carbocycles.